The van der Waals surface area contributed by atoms with Crippen molar-refractivity contribution in [1.29, 1.82) is 0 Å². The maximum absolute atomic E-state index is 13.1. The third-order valence-corrected chi connectivity index (χ3v) is 6.52. The molecule has 154 valence electrons. The minimum atomic E-state index is -0.964. The molecule has 9 nitrogen and oxygen atoms in total. The molecule has 30 heavy (non-hydrogen) atoms. The normalized spacial score (nSPS) is 21.5. The molecule has 4 amide bonds. The molecule has 0 saturated carbocycles. The maximum atomic E-state index is 13.1. The molecule has 2 saturated heterocycles. The van der Waals surface area contributed by atoms with E-state index in [0.29, 0.717) is 23.6 Å². The zero-order chi connectivity index (χ0) is 20.8. The van der Waals surface area contributed by atoms with Gasteiger partial charge in [-0.25, -0.2) is 4.98 Å². The van der Waals surface area contributed by atoms with Crippen LogP contribution in [0.1, 0.15) is 50.7 Å². The third-order valence-electron chi connectivity index (χ3n) is 5.71. The van der Waals surface area contributed by atoms with E-state index in [1.807, 2.05) is 5.38 Å². The number of rotatable bonds is 5. The number of aromatic nitrogens is 1. The van der Waals surface area contributed by atoms with Gasteiger partial charge in [-0.05, 0) is 18.1 Å². The molecule has 0 radical (unpaired) electrons. The van der Waals surface area contributed by atoms with Crippen LogP contribution in [0.2, 0.25) is 0 Å². The van der Waals surface area contributed by atoms with Gasteiger partial charge < -0.3 is 10.6 Å². The lowest BCUT2D eigenvalue weighted by Crippen LogP contribution is -2.54. The number of carbonyl (C=O) groups excluding carboxylic acids is 4. The molecule has 3 N–H and O–H groups in total. The second-order valence-corrected chi connectivity index (χ2v) is 8.43. The van der Waals surface area contributed by atoms with Gasteiger partial charge in [0.25, 0.3) is 11.8 Å². The van der Waals surface area contributed by atoms with Crippen molar-refractivity contribution < 1.29 is 19.2 Å². The van der Waals surface area contributed by atoms with Crippen LogP contribution in [-0.4, -0.2) is 52.6 Å². The predicted molar refractivity (Wildman–Crippen MR) is 108 cm³/mol. The quantitative estimate of drug-likeness (QED) is 0.607. The van der Waals surface area contributed by atoms with Gasteiger partial charge in [-0.3, -0.25) is 29.4 Å². The molecule has 3 aliphatic heterocycles. The first-order chi connectivity index (χ1) is 14.5. The fourth-order valence-electron chi connectivity index (χ4n) is 3.96. The molecule has 0 bridgehead atoms. The van der Waals surface area contributed by atoms with Crippen LogP contribution in [0, 0.1) is 0 Å². The Kier molecular flexibility index (Phi) is 4.59. The zero-order valence-corrected chi connectivity index (χ0v) is 16.8. The first-order valence-electron chi connectivity index (χ1n) is 9.76. The van der Waals surface area contributed by atoms with Crippen molar-refractivity contribution in [3.63, 3.8) is 0 Å². The van der Waals surface area contributed by atoms with Crippen molar-refractivity contribution in [2.24, 2.45) is 0 Å². The molecule has 10 heteroatoms. The van der Waals surface area contributed by atoms with Crippen LogP contribution in [0.15, 0.2) is 23.6 Å². The molecule has 1 aromatic carbocycles. The third kappa shape index (κ3) is 3.08. The van der Waals surface area contributed by atoms with Gasteiger partial charge in [0.15, 0.2) is 5.13 Å². The fraction of sp³-hybridized carbons (Fsp3) is 0.350. The summed E-state index contributed by atoms with van der Waals surface area (Å²) in [5.74, 6) is -1.55. The highest BCUT2D eigenvalue weighted by Crippen LogP contribution is 2.31. The van der Waals surface area contributed by atoms with E-state index in [1.54, 1.807) is 18.2 Å². The lowest BCUT2D eigenvalue weighted by atomic mass is 10.0. The number of anilines is 1. The topological polar surface area (TPSA) is 120 Å². The lowest BCUT2D eigenvalue weighted by molar-refractivity contribution is -0.136. The number of hydrogen-bond donors (Lipinski definition) is 3. The van der Waals surface area contributed by atoms with E-state index < -0.39 is 29.7 Å². The summed E-state index contributed by atoms with van der Waals surface area (Å²) in [4.78, 5) is 55.2. The molecule has 1 unspecified atom stereocenters. The molecular formula is C20H19N5O4S. The Balaban J connectivity index is 1.36. The van der Waals surface area contributed by atoms with E-state index in [0.717, 1.165) is 28.8 Å². The summed E-state index contributed by atoms with van der Waals surface area (Å²) in [5.41, 5.74) is 2.31. The van der Waals surface area contributed by atoms with Crippen molar-refractivity contribution in [2.75, 3.05) is 18.4 Å². The summed E-state index contributed by atoms with van der Waals surface area (Å²) >= 11 is 1.51. The number of thiazole rings is 1. The number of imide groups is 2. The number of hydrogen-bond acceptors (Lipinski definition) is 8. The van der Waals surface area contributed by atoms with Gasteiger partial charge in [0.2, 0.25) is 11.8 Å². The van der Waals surface area contributed by atoms with E-state index in [4.69, 9.17) is 0 Å². The second-order valence-electron chi connectivity index (χ2n) is 7.57. The van der Waals surface area contributed by atoms with Crippen LogP contribution in [-0.2, 0) is 16.1 Å². The minimum Gasteiger partial charge on any atom is -0.357 e. The van der Waals surface area contributed by atoms with Crippen molar-refractivity contribution in [2.45, 2.75) is 31.3 Å². The van der Waals surface area contributed by atoms with Crippen molar-refractivity contribution in [3.8, 4) is 0 Å². The Morgan fingerprint density at radius 3 is 2.73 bits per heavy atom. The largest absolute Gasteiger partial charge is 0.357 e. The summed E-state index contributed by atoms with van der Waals surface area (Å²) in [7, 11) is 0. The van der Waals surface area contributed by atoms with E-state index >= 15 is 0 Å². The van der Waals surface area contributed by atoms with Crippen LogP contribution in [0.4, 0.5) is 5.13 Å². The van der Waals surface area contributed by atoms with E-state index in [-0.39, 0.29) is 18.4 Å². The Labute approximate surface area is 175 Å². The Morgan fingerprint density at radius 1 is 1.17 bits per heavy atom. The monoisotopic (exact) mass is 425 g/mol. The molecule has 1 aromatic heterocycles. The van der Waals surface area contributed by atoms with Gasteiger partial charge in [0, 0.05) is 37.4 Å². The average Bonchev–Trinajstić information content (AvgIpc) is 3.23. The average molecular weight is 425 g/mol. The summed E-state index contributed by atoms with van der Waals surface area (Å²) in [6.07, 6.45) is 0.239. The Bertz CT molecular complexity index is 1080. The molecule has 1 atom stereocenters. The highest BCUT2D eigenvalue weighted by molar-refractivity contribution is 7.13. The van der Waals surface area contributed by atoms with Gasteiger partial charge in [0.1, 0.15) is 6.04 Å². The van der Waals surface area contributed by atoms with Crippen molar-refractivity contribution in [1.82, 2.24) is 20.5 Å². The van der Waals surface area contributed by atoms with Crippen LogP contribution in [0.25, 0.3) is 0 Å². The molecule has 0 aliphatic carbocycles. The summed E-state index contributed by atoms with van der Waals surface area (Å²) < 4.78 is 0. The van der Waals surface area contributed by atoms with Crippen molar-refractivity contribution in [3.05, 3.63) is 46.0 Å². The Morgan fingerprint density at radius 2 is 2.00 bits per heavy atom. The highest BCUT2D eigenvalue weighted by atomic mass is 32.1. The highest BCUT2D eigenvalue weighted by Gasteiger charge is 2.45. The molecule has 2 aromatic rings. The van der Waals surface area contributed by atoms with Gasteiger partial charge in [-0.1, -0.05) is 12.1 Å². The first kappa shape index (κ1) is 18.9. The molecular weight excluding hydrogens is 406 g/mol. The second kappa shape index (κ2) is 7.29. The standard InChI is InChI=1S/C20H19N5O4S/c26-15-5-4-14(17(27)24-15)25-18(28)12-3-1-2-10(16(12)19(25)29)8-22-20-23-13(9-30-20)11-6-21-7-11/h1-3,9,11,14,21H,4-8H2,(H,22,23)(H,24,26,27). The molecule has 5 rings (SSSR count). The molecule has 0 spiro atoms. The fourth-order valence-corrected chi connectivity index (χ4v) is 4.75. The predicted octanol–water partition coefficient (Wildman–Crippen LogP) is 0.843. The molecule has 4 heterocycles. The molecule has 2 fully saturated rings. The summed E-state index contributed by atoms with van der Waals surface area (Å²) in [6, 6.07) is 4.14. The van der Waals surface area contributed by atoms with Gasteiger partial charge in [-0.2, -0.15) is 0 Å². The Hall–Kier alpha value is -3.11. The minimum absolute atomic E-state index is 0.0983. The number of piperidine rings is 1. The zero-order valence-electron chi connectivity index (χ0n) is 15.9. The SMILES string of the molecule is O=C1CCC(N2C(=O)c3cccc(CNc4nc(C5CNC5)cs4)c3C2=O)C(=O)N1. The smallest absolute Gasteiger partial charge is 0.262 e. The summed E-state index contributed by atoms with van der Waals surface area (Å²) in [5, 5.41) is 11.5. The van der Waals surface area contributed by atoms with Gasteiger partial charge in [0.05, 0.1) is 16.8 Å². The van der Waals surface area contributed by atoms with Crippen molar-refractivity contribution >= 4 is 40.1 Å². The van der Waals surface area contributed by atoms with Crippen LogP contribution in [0.3, 0.4) is 0 Å². The van der Waals surface area contributed by atoms with E-state index in [1.165, 1.54) is 11.3 Å². The van der Waals surface area contributed by atoms with E-state index in [2.05, 4.69) is 20.9 Å². The maximum Gasteiger partial charge on any atom is 0.262 e. The van der Waals surface area contributed by atoms with Gasteiger partial charge in [-0.15, -0.1) is 11.3 Å². The number of amides is 4. The van der Waals surface area contributed by atoms with Crippen LogP contribution < -0.4 is 16.0 Å². The number of nitrogens with zero attached hydrogens (tertiary/aromatic N) is 2. The number of fused-ring (bicyclic) bond motifs is 1. The summed E-state index contributed by atoms with van der Waals surface area (Å²) in [6.45, 7) is 2.20. The van der Waals surface area contributed by atoms with Crippen LogP contribution >= 0.6 is 11.3 Å². The van der Waals surface area contributed by atoms with Gasteiger partial charge >= 0.3 is 0 Å². The number of nitrogens with one attached hydrogen (secondary N) is 3. The number of carbonyl (C=O) groups is 4. The first-order valence-corrected chi connectivity index (χ1v) is 10.6. The lowest BCUT2D eigenvalue weighted by Gasteiger charge is -2.27. The molecule has 3 aliphatic rings. The van der Waals surface area contributed by atoms with E-state index in [9.17, 15) is 19.2 Å². The number of benzene rings is 1. The van der Waals surface area contributed by atoms with Crippen LogP contribution in [0.5, 0.6) is 0 Å².